The molecule has 0 aliphatic carbocycles. The van der Waals surface area contributed by atoms with E-state index in [1.165, 1.54) is 11.8 Å². The number of nitrogens with zero attached hydrogens (tertiary/aromatic N) is 4. The Hall–Kier alpha value is -2.72. The van der Waals surface area contributed by atoms with Crippen molar-refractivity contribution in [3.63, 3.8) is 0 Å². The number of nitrogens with one attached hydrogen (secondary N) is 1. The Balaban J connectivity index is 2.17. The van der Waals surface area contributed by atoms with Gasteiger partial charge in [0.1, 0.15) is 22.4 Å². The third-order valence-corrected chi connectivity index (χ3v) is 3.62. The van der Waals surface area contributed by atoms with Crippen LogP contribution in [-0.4, -0.2) is 26.0 Å². The zero-order chi connectivity index (χ0) is 14.8. The molecule has 3 rings (SSSR count). The third kappa shape index (κ3) is 2.37. The second kappa shape index (κ2) is 5.34. The molecule has 2 aromatic heterocycles. The van der Waals surface area contributed by atoms with Crippen LogP contribution in [0.2, 0.25) is 0 Å². The van der Waals surface area contributed by atoms with Gasteiger partial charge in [-0.2, -0.15) is 14.9 Å². The number of aromatic nitrogens is 3. The van der Waals surface area contributed by atoms with Crippen molar-refractivity contribution in [3.8, 4) is 11.8 Å². The first-order valence-corrected chi connectivity index (χ1v) is 7.33. The van der Waals surface area contributed by atoms with E-state index in [2.05, 4.69) is 21.5 Å². The minimum absolute atomic E-state index is 0.185. The summed E-state index contributed by atoms with van der Waals surface area (Å²) in [6.45, 7) is 0. The van der Waals surface area contributed by atoms with E-state index >= 15 is 0 Å². The zero-order valence-corrected chi connectivity index (χ0v) is 11.9. The molecule has 0 amide bonds. The lowest BCUT2D eigenvalue weighted by atomic mass is 10.2. The minimum atomic E-state index is 0.185. The number of aromatic hydroxyl groups is 1. The third-order valence-electron chi connectivity index (χ3n) is 2.94. The van der Waals surface area contributed by atoms with Gasteiger partial charge in [0.05, 0.1) is 6.20 Å². The maximum Gasteiger partial charge on any atom is 0.158 e. The first kappa shape index (κ1) is 13.3. The number of hydrogen-bond acceptors (Lipinski definition) is 6. The Labute approximate surface area is 125 Å². The highest BCUT2D eigenvalue weighted by atomic mass is 32.2. The molecule has 2 heterocycles. The van der Waals surface area contributed by atoms with Crippen LogP contribution in [0.5, 0.6) is 5.75 Å². The number of phenols is 1. The van der Waals surface area contributed by atoms with Crippen molar-refractivity contribution < 1.29 is 5.11 Å². The molecule has 0 aliphatic heterocycles. The van der Waals surface area contributed by atoms with Crippen molar-refractivity contribution in [3.05, 3.63) is 42.1 Å². The average molecular weight is 297 g/mol. The van der Waals surface area contributed by atoms with Gasteiger partial charge < -0.3 is 10.4 Å². The quantitative estimate of drug-likeness (QED) is 0.439. The summed E-state index contributed by atoms with van der Waals surface area (Å²) in [4.78, 5) is 4.40. The first-order chi connectivity index (χ1) is 10.2. The van der Waals surface area contributed by atoms with Gasteiger partial charge >= 0.3 is 0 Å². The van der Waals surface area contributed by atoms with Crippen LogP contribution in [0.3, 0.4) is 0 Å². The fourth-order valence-electron chi connectivity index (χ4n) is 1.97. The van der Waals surface area contributed by atoms with Crippen LogP contribution in [0.25, 0.3) is 5.65 Å². The number of benzene rings is 1. The average Bonchev–Trinajstić information content (AvgIpc) is 2.97. The summed E-state index contributed by atoms with van der Waals surface area (Å²) in [5.74, 6) is 0.743. The van der Waals surface area contributed by atoms with Gasteiger partial charge in [-0.15, -0.1) is 11.8 Å². The number of fused-ring (bicyclic) bond motifs is 1. The molecular weight excluding hydrogens is 286 g/mol. The molecule has 3 aromatic rings. The van der Waals surface area contributed by atoms with Gasteiger partial charge in [-0.25, -0.2) is 4.98 Å². The molecule has 6 nitrogen and oxygen atoms in total. The van der Waals surface area contributed by atoms with Gasteiger partial charge in [0.15, 0.2) is 11.5 Å². The number of phenolic OH excluding ortho intramolecular Hbond substituents is 1. The molecule has 0 saturated heterocycles. The van der Waals surface area contributed by atoms with Crippen molar-refractivity contribution in [2.24, 2.45) is 0 Å². The molecule has 104 valence electrons. The van der Waals surface area contributed by atoms with Crippen LogP contribution in [0.1, 0.15) is 5.56 Å². The number of thioether (sulfide) groups is 1. The van der Waals surface area contributed by atoms with Crippen LogP contribution in [0.15, 0.2) is 41.6 Å². The lowest BCUT2D eigenvalue weighted by Gasteiger charge is -2.12. The van der Waals surface area contributed by atoms with Crippen molar-refractivity contribution >= 4 is 28.9 Å². The van der Waals surface area contributed by atoms with E-state index < -0.39 is 0 Å². The van der Waals surface area contributed by atoms with Crippen molar-refractivity contribution in [2.75, 3.05) is 11.6 Å². The van der Waals surface area contributed by atoms with E-state index in [9.17, 15) is 10.4 Å². The summed E-state index contributed by atoms with van der Waals surface area (Å²) < 4.78 is 1.59. The lowest BCUT2D eigenvalue weighted by Crippen LogP contribution is -2.06. The number of anilines is 2. The normalized spacial score (nSPS) is 10.5. The Morgan fingerprint density at radius 3 is 2.71 bits per heavy atom. The van der Waals surface area contributed by atoms with E-state index in [-0.39, 0.29) is 5.75 Å². The van der Waals surface area contributed by atoms with E-state index in [4.69, 9.17) is 0 Å². The molecule has 0 aliphatic rings. The van der Waals surface area contributed by atoms with E-state index in [0.29, 0.717) is 22.1 Å². The van der Waals surface area contributed by atoms with E-state index in [1.807, 2.05) is 6.26 Å². The Bertz CT molecular complexity index is 835. The molecule has 0 bridgehead atoms. The van der Waals surface area contributed by atoms with Gasteiger partial charge in [0, 0.05) is 11.8 Å². The maximum atomic E-state index is 9.43. The second-order valence-electron chi connectivity index (χ2n) is 4.23. The molecule has 0 saturated carbocycles. The van der Waals surface area contributed by atoms with Crippen LogP contribution in [-0.2, 0) is 0 Å². The second-order valence-corrected chi connectivity index (χ2v) is 5.02. The van der Waals surface area contributed by atoms with Crippen LogP contribution in [0, 0.1) is 11.3 Å². The molecule has 2 N–H and O–H groups in total. The summed E-state index contributed by atoms with van der Waals surface area (Å²) in [5.41, 5.74) is 1.85. The van der Waals surface area contributed by atoms with Gasteiger partial charge in [-0.05, 0) is 30.5 Å². The van der Waals surface area contributed by atoms with Crippen LogP contribution < -0.4 is 5.32 Å². The van der Waals surface area contributed by atoms with Gasteiger partial charge in [0.25, 0.3) is 0 Å². The number of rotatable bonds is 3. The molecule has 1 aromatic carbocycles. The fourth-order valence-corrected chi connectivity index (χ4v) is 2.50. The van der Waals surface area contributed by atoms with Crippen molar-refractivity contribution in [1.29, 1.82) is 5.26 Å². The molecule has 7 heteroatoms. The SMILES string of the molecule is CSc1nc2ccnn2c(Nc2ccc(O)cc2)c1C#N. The van der Waals surface area contributed by atoms with E-state index in [0.717, 1.165) is 5.69 Å². The number of hydrogen-bond donors (Lipinski definition) is 2. The van der Waals surface area contributed by atoms with Gasteiger partial charge in [0.2, 0.25) is 0 Å². The summed E-state index contributed by atoms with van der Waals surface area (Å²) in [6, 6.07) is 10.6. The molecule has 0 spiro atoms. The van der Waals surface area contributed by atoms with Crippen molar-refractivity contribution in [1.82, 2.24) is 14.6 Å². The highest BCUT2D eigenvalue weighted by Gasteiger charge is 2.15. The Morgan fingerprint density at radius 1 is 1.29 bits per heavy atom. The summed E-state index contributed by atoms with van der Waals surface area (Å²) >= 11 is 1.41. The number of nitriles is 1. The summed E-state index contributed by atoms with van der Waals surface area (Å²) in [5, 5.41) is 26.8. The standard InChI is InChI=1S/C14H11N5OS/c1-21-14-11(8-15)13(19-12(18-14)6-7-16-19)17-9-2-4-10(20)5-3-9/h2-7,17,20H,1H3. The predicted octanol–water partition coefficient (Wildman–Crippen LogP) is 2.77. The highest BCUT2D eigenvalue weighted by Crippen LogP contribution is 2.28. The molecule has 0 fully saturated rings. The Morgan fingerprint density at radius 2 is 2.05 bits per heavy atom. The topological polar surface area (TPSA) is 86.2 Å². The highest BCUT2D eigenvalue weighted by molar-refractivity contribution is 7.98. The monoisotopic (exact) mass is 297 g/mol. The Kier molecular flexibility index (Phi) is 3.38. The lowest BCUT2D eigenvalue weighted by molar-refractivity contribution is 0.475. The van der Waals surface area contributed by atoms with Gasteiger partial charge in [-0.3, -0.25) is 0 Å². The zero-order valence-electron chi connectivity index (χ0n) is 11.1. The van der Waals surface area contributed by atoms with Crippen LogP contribution >= 0.6 is 11.8 Å². The van der Waals surface area contributed by atoms with Gasteiger partial charge in [-0.1, -0.05) is 0 Å². The smallest absolute Gasteiger partial charge is 0.158 e. The van der Waals surface area contributed by atoms with Crippen molar-refractivity contribution in [2.45, 2.75) is 5.03 Å². The summed E-state index contributed by atoms with van der Waals surface area (Å²) in [6.07, 6.45) is 3.51. The largest absolute Gasteiger partial charge is 0.508 e. The molecule has 21 heavy (non-hydrogen) atoms. The molecule has 0 atom stereocenters. The summed E-state index contributed by atoms with van der Waals surface area (Å²) in [7, 11) is 0. The molecular formula is C14H11N5OS. The fraction of sp³-hybridized carbons (Fsp3) is 0.0714. The maximum absolute atomic E-state index is 9.43. The predicted molar refractivity (Wildman–Crippen MR) is 80.9 cm³/mol. The molecule has 0 unspecified atom stereocenters. The first-order valence-electron chi connectivity index (χ1n) is 6.11. The minimum Gasteiger partial charge on any atom is -0.508 e. The van der Waals surface area contributed by atoms with Crippen LogP contribution in [0.4, 0.5) is 11.5 Å². The molecule has 0 radical (unpaired) electrons. The van der Waals surface area contributed by atoms with E-state index in [1.54, 1.807) is 41.0 Å².